The van der Waals surface area contributed by atoms with E-state index in [2.05, 4.69) is 49.9 Å². The number of nitrogens with one attached hydrogen (secondary N) is 1. The van der Waals surface area contributed by atoms with Gasteiger partial charge in [0.1, 0.15) is 0 Å². The molecule has 1 saturated heterocycles. The number of piperazine rings is 1. The van der Waals surface area contributed by atoms with E-state index in [9.17, 15) is 0 Å². The fourth-order valence-corrected chi connectivity index (χ4v) is 2.56. The lowest BCUT2D eigenvalue weighted by Crippen LogP contribution is -2.52. The van der Waals surface area contributed by atoms with Crippen LogP contribution in [0.25, 0.3) is 0 Å². The van der Waals surface area contributed by atoms with Gasteiger partial charge in [0, 0.05) is 38.3 Å². The van der Waals surface area contributed by atoms with Crippen molar-refractivity contribution in [3.63, 3.8) is 0 Å². The first kappa shape index (κ1) is 14.9. The molecule has 0 bridgehead atoms. The highest BCUT2D eigenvalue weighted by Gasteiger charge is 2.23. The first-order chi connectivity index (χ1) is 8.02. The number of nitrogens with zero attached hydrogens (tertiary/aromatic N) is 2. The van der Waals surface area contributed by atoms with Gasteiger partial charge in [-0.3, -0.25) is 0 Å². The Morgan fingerprint density at radius 1 is 1.24 bits per heavy atom. The molecule has 0 radical (unpaired) electrons. The van der Waals surface area contributed by atoms with Crippen molar-refractivity contribution < 1.29 is 0 Å². The summed E-state index contributed by atoms with van der Waals surface area (Å²) in [6.07, 6.45) is 1.27. The molecule has 0 aromatic heterocycles. The maximum atomic E-state index is 3.53. The summed E-state index contributed by atoms with van der Waals surface area (Å²) in [6, 6.07) is 1.36. The second-order valence-electron chi connectivity index (χ2n) is 5.97. The van der Waals surface area contributed by atoms with Crippen molar-refractivity contribution in [2.75, 3.05) is 39.8 Å². The van der Waals surface area contributed by atoms with Crippen molar-refractivity contribution >= 4 is 0 Å². The molecule has 0 aromatic rings. The zero-order valence-electron chi connectivity index (χ0n) is 12.4. The molecule has 2 atom stereocenters. The third-order valence-electron chi connectivity index (χ3n) is 3.78. The molecular weight excluding hydrogens is 210 g/mol. The van der Waals surface area contributed by atoms with E-state index in [0.717, 1.165) is 18.5 Å². The van der Waals surface area contributed by atoms with Crippen molar-refractivity contribution in [1.82, 2.24) is 15.1 Å². The van der Waals surface area contributed by atoms with Crippen molar-refractivity contribution in [2.24, 2.45) is 5.92 Å². The predicted molar refractivity (Wildman–Crippen MR) is 75.5 cm³/mol. The van der Waals surface area contributed by atoms with Crippen LogP contribution in [0.3, 0.4) is 0 Å². The second-order valence-corrected chi connectivity index (χ2v) is 5.97. The lowest BCUT2D eigenvalue weighted by Gasteiger charge is -2.40. The quantitative estimate of drug-likeness (QED) is 0.763. The van der Waals surface area contributed by atoms with Gasteiger partial charge < -0.3 is 15.1 Å². The van der Waals surface area contributed by atoms with E-state index in [1.165, 1.54) is 32.6 Å². The fourth-order valence-electron chi connectivity index (χ4n) is 2.56. The Kier molecular flexibility index (Phi) is 6.45. The summed E-state index contributed by atoms with van der Waals surface area (Å²) < 4.78 is 0. The van der Waals surface area contributed by atoms with E-state index in [4.69, 9.17) is 0 Å². The van der Waals surface area contributed by atoms with Crippen LogP contribution in [-0.4, -0.2) is 61.7 Å². The fraction of sp³-hybridized carbons (Fsp3) is 1.00. The van der Waals surface area contributed by atoms with Crippen LogP contribution in [0.1, 0.15) is 34.1 Å². The molecule has 0 amide bonds. The SMILES string of the molecule is CCC1CN(CC(C)CNC(C)C)CCN1C. The number of hydrogen-bond donors (Lipinski definition) is 1. The Bertz CT molecular complexity index is 206. The predicted octanol–water partition coefficient (Wildman–Crippen LogP) is 1.65. The summed E-state index contributed by atoms with van der Waals surface area (Å²) in [5.41, 5.74) is 0. The van der Waals surface area contributed by atoms with Gasteiger partial charge in [0.05, 0.1) is 0 Å². The summed E-state index contributed by atoms with van der Waals surface area (Å²) in [7, 11) is 2.26. The van der Waals surface area contributed by atoms with Gasteiger partial charge in [-0.2, -0.15) is 0 Å². The van der Waals surface area contributed by atoms with Crippen LogP contribution in [0, 0.1) is 5.92 Å². The van der Waals surface area contributed by atoms with Crippen LogP contribution in [0.4, 0.5) is 0 Å². The minimum atomic E-state index is 0.605. The molecule has 1 aliphatic rings. The van der Waals surface area contributed by atoms with Gasteiger partial charge in [0.15, 0.2) is 0 Å². The Hall–Kier alpha value is -0.120. The Morgan fingerprint density at radius 2 is 1.94 bits per heavy atom. The smallest absolute Gasteiger partial charge is 0.0218 e. The summed E-state index contributed by atoms with van der Waals surface area (Å²) in [4.78, 5) is 5.15. The molecule has 3 heteroatoms. The minimum Gasteiger partial charge on any atom is -0.314 e. The van der Waals surface area contributed by atoms with E-state index in [-0.39, 0.29) is 0 Å². The van der Waals surface area contributed by atoms with Crippen LogP contribution in [0.2, 0.25) is 0 Å². The molecule has 1 rings (SSSR count). The normalized spacial score (nSPS) is 25.4. The molecule has 1 N–H and O–H groups in total. The van der Waals surface area contributed by atoms with E-state index < -0.39 is 0 Å². The maximum Gasteiger partial charge on any atom is 0.0218 e. The van der Waals surface area contributed by atoms with Crippen LogP contribution in [-0.2, 0) is 0 Å². The highest BCUT2D eigenvalue weighted by molar-refractivity contribution is 4.80. The lowest BCUT2D eigenvalue weighted by molar-refractivity contribution is 0.0831. The first-order valence-corrected chi connectivity index (χ1v) is 7.18. The molecule has 0 aromatic carbocycles. The van der Waals surface area contributed by atoms with E-state index in [1.807, 2.05) is 0 Å². The molecule has 102 valence electrons. The summed E-state index contributed by atoms with van der Waals surface area (Å²) in [5, 5.41) is 3.53. The summed E-state index contributed by atoms with van der Waals surface area (Å²) in [6.45, 7) is 15.2. The third kappa shape index (κ3) is 5.36. The standard InChI is InChI=1S/C14H31N3/c1-6-14-11-17(8-7-16(14)5)10-13(4)9-15-12(2)3/h12-15H,6-11H2,1-5H3. The van der Waals surface area contributed by atoms with Crippen molar-refractivity contribution in [1.29, 1.82) is 0 Å². The summed E-state index contributed by atoms with van der Waals surface area (Å²) >= 11 is 0. The lowest BCUT2D eigenvalue weighted by atomic mass is 10.1. The van der Waals surface area contributed by atoms with Gasteiger partial charge in [0.2, 0.25) is 0 Å². The molecule has 1 aliphatic heterocycles. The minimum absolute atomic E-state index is 0.605. The first-order valence-electron chi connectivity index (χ1n) is 7.18. The Morgan fingerprint density at radius 3 is 2.53 bits per heavy atom. The van der Waals surface area contributed by atoms with Crippen LogP contribution < -0.4 is 5.32 Å². The van der Waals surface area contributed by atoms with Gasteiger partial charge >= 0.3 is 0 Å². The number of likely N-dealkylation sites (N-methyl/N-ethyl adjacent to an activating group) is 1. The van der Waals surface area contributed by atoms with Gasteiger partial charge in [-0.25, -0.2) is 0 Å². The molecule has 1 fully saturated rings. The van der Waals surface area contributed by atoms with Crippen molar-refractivity contribution in [2.45, 2.75) is 46.2 Å². The molecule has 2 unspecified atom stereocenters. The average molecular weight is 241 g/mol. The molecule has 3 nitrogen and oxygen atoms in total. The van der Waals surface area contributed by atoms with E-state index in [1.54, 1.807) is 0 Å². The maximum absolute atomic E-state index is 3.53. The zero-order chi connectivity index (χ0) is 12.8. The molecule has 17 heavy (non-hydrogen) atoms. The summed E-state index contributed by atoms with van der Waals surface area (Å²) in [5.74, 6) is 0.748. The molecule has 1 heterocycles. The molecule has 0 saturated carbocycles. The van der Waals surface area contributed by atoms with Crippen LogP contribution in [0.15, 0.2) is 0 Å². The Balaban J connectivity index is 2.26. The average Bonchev–Trinajstić information content (AvgIpc) is 2.29. The zero-order valence-corrected chi connectivity index (χ0v) is 12.4. The molecule has 0 aliphatic carbocycles. The van der Waals surface area contributed by atoms with Crippen LogP contribution in [0.5, 0.6) is 0 Å². The highest BCUT2D eigenvalue weighted by atomic mass is 15.3. The van der Waals surface area contributed by atoms with E-state index >= 15 is 0 Å². The topological polar surface area (TPSA) is 18.5 Å². The number of hydrogen-bond acceptors (Lipinski definition) is 3. The molecular formula is C14H31N3. The third-order valence-corrected chi connectivity index (χ3v) is 3.78. The van der Waals surface area contributed by atoms with Gasteiger partial charge in [-0.15, -0.1) is 0 Å². The van der Waals surface area contributed by atoms with Gasteiger partial charge in [0.25, 0.3) is 0 Å². The Labute approximate surface area is 108 Å². The van der Waals surface area contributed by atoms with E-state index in [0.29, 0.717) is 6.04 Å². The second kappa shape index (κ2) is 7.34. The monoisotopic (exact) mass is 241 g/mol. The van der Waals surface area contributed by atoms with Crippen molar-refractivity contribution in [3.05, 3.63) is 0 Å². The van der Waals surface area contributed by atoms with Crippen LogP contribution >= 0.6 is 0 Å². The molecule has 0 spiro atoms. The highest BCUT2D eigenvalue weighted by Crippen LogP contribution is 2.12. The van der Waals surface area contributed by atoms with Gasteiger partial charge in [-0.05, 0) is 25.9 Å². The van der Waals surface area contributed by atoms with Gasteiger partial charge in [-0.1, -0.05) is 27.7 Å². The van der Waals surface area contributed by atoms with Crippen molar-refractivity contribution in [3.8, 4) is 0 Å². The largest absolute Gasteiger partial charge is 0.314 e. The number of rotatable bonds is 6.